The van der Waals surface area contributed by atoms with Crippen LogP contribution in [0.3, 0.4) is 0 Å². The van der Waals surface area contributed by atoms with Gasteiger partial charge in [-0.1, -0.05) is 57.5 Å². The van der Waals surface area contributed by atoms with Gasteiger partial charge in [0.2, 0.25) is 11.8 Å². The number of rotatable bonds is 23. The molecule has 4 atom stereocenters. The molecule has 4 amide bonds. The molecule has 1 aromatic carbocycles. The zero-order chi connectivity index (χ0) is 37.6. The number of thiazole rings is 1. The Labute approximate surface area is 306 Å². The highest BCUT2D eigenvalue weighted by Gasteiger charge is 2.26. The van der Waals surface area contributed by atoms with Crippen molar-refractivity contribution in [2.75, 3.05) is 33.0 Å². The molecule has 6 N–H and O–H groups in total. The largest absolute Gasteiger partial charge is 0.446 e. The zero-order valence-corrected chi connectivity index (χ0v) is 31.4. The first kappa shape index (κ1) is 43.1. The van der Waals surface area contributed by atoms with Crippen molar-refractivity contribution in [3.63, 3.8) is 0 Å². The molecule has 0 aliphatic carbocycles. The van der Waals surface area contributed by atoms with Crippen LogP contribution >= 0.6 is 11.3 Å². The number of hydrazine groups is 1. The topological polar surface area (TPSA) is 183 Å². The molecule has 14 heteroatoms. The van der Waals surface area contributed by atoms with Gasteiger partial charge in [0.05, 0.1) is 13.2 Å². The average Bonchev–Trinajstić information content (AvgIpc) is 3.60. The van der Waals surface area contributed by atoms with Crippen molar-refractivity contribution in [1.82, 2.24) is 26.5 Å². The Morgan fingerprint density at radius 3 is 2.45 bits per heavy atom. The van der Waals surface area contributed by atoms with Crippen molar-refractivity contribution in [3.05, 3.63) is 51.5 Å². The second-order valence-electron chi connectivity index (χ2n) is 12.8. The second kappa shape index (κ2) is 24.2. The minimum Gasteiger partial charge on any atom is -0.446 e. The number of hydrogen-bond donors (Lipinski definition) is 5. The Bertz CT molecular complexity index is 1390. The molecule has 4 unspecified atom stereocenters. The van der Waals surface area contributed by atoms with Crippen molar-refractivity contribution in [2.45, 2.75) is 97.8 Å². The van der Waals surface area contributed by atoms with Gasteiger partial charge < -0.3 is 30.6 Å². The molecule has 51 heavy (non-hydrogen) atoms. The fraction of sp³-hybridized carbons (Fsp3) is 0.595. The lowest BCUT2D eigenvalue weighted by Gasteiger charge is -2.22. The zero-order valence-electron chi connectivity index (χ0n) is 30.6. The van der Waals surface area contributed by atoms with Gasteiger partial charge in [-0.05, 0) is 50.5 Å². The molecule has 13 nitrogen and oxygen atoms in total. The summed E-state index contributed by atoms with van der Waals surface area (Å²) in [5.74, 6) is 1.28. The van der Waals surface area contributed by atoms with Gasteiger partial charge in [0.15, 0.2) is 0 Å². The van der Waals surface area contributed by atoms with Gasteiger partial charge in [-0.3, -0.25) is 19.8 Å². The number of hydrogen-bond acceptors (Lipinski definition) is 10. The van der Waals surface area contributed by atoms with E-state index in [1.165, 1.54) is 11.3 Å². The maximum atomic E-state index is 13.5. The summed E-state index contributed by atoms with van der Waals surface area (Å²) in [5.41, 5.74) is 13.4. The number of carbonyl (C=O) groups excluding carboxylic acids is 4. The van der Waals surface area contributed by atoms with E-state index in [2.05, 4.69) is 46.2 Å². The Balaban J connectivity index is 1.90. The molecule has 1 heterocycles. The van der Waals surface area contributed by atoms with Gasteiger partial charge in [0.1, 0.15) is 23.4 Å². The molecular formula is C37H56N6O7S. The van der Waals surface area contributed by atoms with Gasteiger partial charge in [0, 0.05) is 49.4 Å². The first-order valence-corrected chi connectivity index (χ1v) is 18.5. The molecule has 0 aliphatic rings. The summed E-state index contributed by atoms with van der Waals surface area (Å²) in [6.45, 7) is 11.1. The Hall–Kier alpha value is -4.03. The molecule has 0 spiro atoms. The van der Waals surface area contributed by atoms with Crippen molar-refractivity contribution in [3.8, 4) is 12.3 Å². The number of amides is 4. The highest BCUT2D eigenvalue weighted by Crippen LogP contribution is 2.28. The van der Waals surface area contributed by atoms with E-state index in [1.54, 1.807) is 12.3 Å². The summed E-state index contributed by atoms with van der Waals surface area (Å²) in [6, 6.07) is 7.50. The minimum atomic E-state index is -0.847. The van der Waals surface area contributed by atoms with E-state index in [0.717, 1.165) is 17.5 Å². The second-order valence-corrected chi connectivity index (χ2v) is 13.7. The number of terminal acetylenes is 1. The smallest absolute Gasteiger partial charge is 0.426 e. The summed E-state index contributed by atoms with van der Waals surface area (Å²) in [7, 11) is 0. The third-order valence-corrected chi connectivity index (χ3v) is 8.90. The van der Waals surface area contributed by atoms with Gasteiger partial charge in [-0.15, -0.1) is 23.7 Å². The van der Waals surface area contributed by atoms with E-state index in [4.69, 9.17) is 26.4 Å². The number of aryl methyl sites for hydroxylation is 1. The highest BCUT2D eigenvalue weighted by molar-refractivity contribution is 7.09. The van der Waals surface area contributed by atoms with E-state index >= 15 is 0 Å². The van der Waals surface area contributed by atoms with Crippen molar-refractivity contribution in [2.24, 2.45) is 17.6 Å². The Kier molecular flexibility index (Phi) is 20.5. The van der Waals surface area contributed by atoms with E-state index in [1.807, 2.05) is 38.1 Å². The fourth-order valence-electron chi connectivity index (χ4n) is 4.82. The number of aromatic nitrogens is 1. The maximum Gasteiger partial charge on any atom is 0.426 e. The van der Waals surface area contributed by atoms with Gasteiger partial charge in [-0.2, -0.15) is 0 Å². The third kappa shape index (κ3) is 17.6. The maximum absolute atomic E-state index is 13.5. The third-order valence-electron chi connectivity index (χ3n) is 7.96. The van der Waals surface area contributed by atoms with Crippen molar-refractivity contribution in [1.29, 1.82) is 0 Å². The lowest BCUT2D eigenvalue weighted by molar-refractivity contribution is -0.125. The summed E-state index contributed by atoms with van der Waals surface area (Å²) >= 11 is 1.37. The molecule has 0 bridgehead atoms. The van der Waals surface area contributed by atoms with E-state index in [-0.39, 0.29) is 55.4 Å². The number of carbonyl (C=O) groups is 4. The number of benzene rings is 1. The van der Waals surface area contributed by atoms with Crippen LogP contribution in [0.1, 0.15) is 98.9 Å². The highest BCUT2D eigenvalue weighted by atomic mass is 32.1. The summed E-state index contributed by atoms with van der Waals surface area (Å²) in [5, 5.41) is 8.21. The molecule has 0 saturated carbocycles. The van der Waals surface area contributed by atoms with Crippen LogP contribution in [0, 0.1) is 31.1 Å². The summed E-state index contributed by atoms with van der Waals surface area (Å²) in [4.78, 5) is 54.8. The minimum absolute atomic E-state index is 0.0492. The van der Waals surface area contributed by atoms with Crippen molar-refractivity contribution < 1.29 is 33.4 Å². The number of ether oxygens (including phenoxy) is 3. The van der Waals surface area contributed by atoms with Crippen LogP contribution in [0.5, 0.6) is 0 Å². The van der Waals surface area contributed by atoms with Crippen LogP contribution in [0.2, 0.25) is 0 Å². The molecular weight excluding hydrogens is 673 g/mol. The normalized spacial score (nSPS) is 13.4. The Morgan fingerprint density at radius 1 is 1.02 bits per heavy atom. The van der Waals surface area contributed by atoms with Gasteiger partial charge >= 0.3 is 6.09 Å². The van der Waals surface area contributed by atoms with Crippen molar-refractivity contribution >= 4 is 35.2 Å². The molecule has 2 rings (SSSR count). The standard InChI is InChI=1S/C37H56N6O7S/c1-7-9-10-11-33(44)39-16-18-48-19-20-50-37(47)43-42-34(45)27(6)21-29(22-28-14-12-26(5)13-15-28)40-35(46)31-24-51-36(41-31)32(49-17-8-2)23-30(38)25(3)4/h1,12-15,24-25,27,29-30,32H,8-11,16-23,38H2,2-6H3,(H,39,44)(H,40,46)(H,42,45)(H,43,47). The predicted molar refractivity (Wildman–Crippen MR) is 198 cm³/mol. The first-order chi connectivity index (χ1) is 24.4. The van der Waals surface area contributed by atoms with Crippen LogP contribution in [-0.2, 0) is 30.2 Å². The van der Waals surface area contributed by atoms with Crippen LogP contribution in [0.15, 0.2) is 29.6 Å². The number of nitrogens with two attached hydrogens (primary N) is 1. The van der Waals surface area contributed by atoms with E-state index in [9.17, 15) is 19.2 Å². The Morgan fingerprint density at radius 2 is 1.76 bits per heavy atom. The summed E-state index contributed by atoms with van der Waals surface area (Å²) in [6.07, 6.45) is 7.79. The van der Waals surface area contributed by atoms with Crippen LogP contribution < -0.4 is 27.2 Å². The SMILES string of the molecule is C#CCCCC(=O)NCCOCCOC(=O)NNC(=O)C(C)CC(Cc1ccc(C)cc1)NC(=O)c1csc(C(CC(N)C(C)C)OCCC)n1. The molecule has 2 aromatic rings. The first-order valence-electron chi connectivity index (χ1n) is 17.6. The molecule has 0 aliphatic heterocycles. The number of nitrogens with one attached hydrogen (secondary N) is 4. The lowest BCUT2D eigenvalue weighted by atomic mass is 9.95. The molecule has 0 radical (unpaired) electrons. The molecule has 1 aromatic heterocycles. The summed E-state index contributed by atoms with van der Waals surface area (Å²) < 4.78 is 16.5. The monoisotopic (exact) mass is 728 g/mol. The average molecular weight is 729 g/mol. The van der Waals surface area contributed by atoms with Crippen LogP contribution in [0.4, 0.5) is 4.79 Å². The number of unbranched alkanes of at least 4 members (excludes halogenated alkanes) is 1. The molecule has 0 saturated heterocycles. The van der Waals surface area contributed by atoms with Gasteiger partial charge in [-0.25, -0.2) is 15.2 Å². The quantitative estimate of drug-likeness (QED) is 0.0631. The van der Waals surface area contributed by atoms with Crippen LogP contribution in [-0.4, -0.2) is 73.9 Å². The van der Waals surface area contributed by atoms with Crippen LogP contribution in [0.25, 0.3) is 0 Å². The lowest BCUT2D eigenvalue weighted by Crippen LogP contribution is -2.46. The number of nitrogens with zero attached hydrogens (tertiary/aromatic N) is 1. The fourth-order valence-corrected chi connectivity index (χ4v) is 5.68. The molecule has 282 valence electrons. The van der Waals surface area contributed by atoms with E-state index in [0.29, 0.717) is 56.7 Å². The molecule has 0 fully saturated rings. The predicted octanol–water partition coefficient (Wildman–Crippen LogP) is 4.35. The van der Waals surface area contributed by atoms with E-state index < -0.39 is 24.0 Å². The van der Waals surface area contributed by atoms with Gasteiger partial charge in [0.25, 0.3) is 5.91 Å².